The largest absolute Gasteiger partial charge is 0.469 e. The summed E-state index contributed by atoms with van der Waals surface area (Å²) in [4.78, 5) is 36.4. The SMILES string of the molecule is CCN1CCc2ncc(-n3ccn(C4CCC(CCC(=O)OC)CC4)c3=O)nc2CC1. The minimum absolute atomic E-state index is 0.0453. The highest BCUT2D eigenvalue weighted by Gasteiger charge is 2.25. The maximum absolute atomic E-state index is 13.1. The number of nitrogens with zero attached hydrogens (tertiary/aromatic N) is 5. The zero-order chi connectivity index (χ0) is 21.8. The van der Waals surface area contributed by atoms with Crippen LogP contribution in [0, 0.1) is 5.92 Å². The highest BCUT2D eigenvalue weighted by Crippen LogP contribution is 2.33. The van der Waals surface area contributed by atoms with Gasteiger partial charge in [-0.1, -0.05) is 6.92 Å². The molecule has 0 radical (unpaired) electrons. The lowest BCUT2D eigenvalue weighted by molar-refractivity contribution is -0.141. The third-order valence-corrected chi connectivity index (χ3v) is 6.94. The monoisotopic (exact) mass is 427 g/mol. The molecule has 0 N–H and O–H groups in total. The summed E-state index contributed by atoms with van der Waals surface area (Å²) < 4.78 is 8.22. The average molecular weight is 428 g/mol. The molecule has 0 saturated heterocycles. The number of likely N-dealkylation sites (N-methyl/N-ethyl adjacent to an activating group) is 1. The van der Waals surface area contributed by atoms with Gasteiger partial charge in [-0.25, -0.2) is 9.78 Å². The predicted octanol–water partition coefficient (Wildman–Crippen LogP) is 2.53. The summed E-state index contributed by atoms with van der Waals surface area (Å²) in [7, 11) is 1.44. The Morgan fingerprint density at radius 1 is 1.13 bits per heavy atom. The van der Waals surface area contributed by atoms with Gasteiger partial charge in [-0.2, -0.15) is 0 Å². The van der Waals surface area contributed by atoms with Crippen LogP contribution in [0.2, 0.25) is 0 Å². The van der Waals surface area contributed by atoms with Crippen molar-refractivity contribution < 1.29 is 9.53 Å². The van der Waals surface area contributed by atoms with E-state index in [9.17, 15) is 9.59 Å². The van der Waals surface area contributed by atoms with Crippen molar-refractivity contribution in [2.75, 3.05) is 26.7 Å². The molecule has 0 unspecified atom stereocenters. The molecule has 168 valence electrons. The second kappa shape index (κ2) is 9.77. The Kier molecular flexibility index (Phi) is 6.85. The Hall–Kier alpha value is -2.48. The van der Waals surface area contributed by atoms with Crippen molar-refractivity contribution in [2.45, 2.75) is 64.3 Å². The molecule has 8 nitrogen and oxygen atoms in total. The first kappa shape index (κ1) is 21.7. The van der Waals surface area contributed by atoms with Gasteiger partial charge in [0.25, 0.3) is 0 Å². The molecule has 1 aliphatic carbocycles. The minimum atomic E-state index is -0.139. The number of ether oxygens (including phenoxy) is 1. The van der Waals surface area contributed by atoms with E-state index in [0.29, 0.717) is 18.2 Å². The van der Waals surface area contributed by atoms with Crippen molar-refractivity contribution in [3.8, 4) is 5.82 Å². The van der Waals surface area contributed by atoms with Gasteiger partial charge in [0, 0.05) is 50.8 Å². The lowest BCUT2D eigenvalue weighted by Gasteiger charge is -2.28. The van der Waals surface area contributed by atoms with E-state index < -0.39 is 0 Å². The smallest absolute Gasteiger partial charge is 0.334 e. The molecule has 2 aromatic heterocycles. The zero-order valence-corrected chi connectivity index (χ0v) is 18.6. The summed E-state index contributed by atoms with van der Waals surface area (Å²) in [6.07, 6.45) is 12.5. The van der Waals surface area contributed by atoms with Crippen molar-refractivity contribution in [1.82, 2.24) is 24.0 Å². The molecule has 0 aromatic carbocycles. The fraction of sp³-hybridized carbons (Fsp3) is 0.652. The first-order valence-corrected chi connectivity index (χ1v) is 11.5. The van der Waals surface area contributed by atoms with Crippen LogP contribution in [0.1, 0.15) is 62.9 Å². The fourth-order valence-corrected chi connectivity index (χ4v) is 4.90. The molecule has 1 aliphatic heterocycles. The van der Waals surface area contributed by atoms with Gasteiger partial charge in [-0.05, 0) is 44.6 Å². The number of fused-ring (bicyclic) bond motifs is 1. The number of rotatable bonds is 6. The molecule has 2 aliphatic rings. The van der Waals surface area contributed by atoms with E-state index in [1.54, 1.807) is 10.8 Å². The van der Waals surface area contributed by atoms with E-state index in [0.717, 1.165) is 76.0 Å². The van der Waals surface area contributed by atoms with E-state index in [4.69, 9.17) is 9.72 Å². The molecule has 1 saturated carbocycles. The summed E-state index contributed by atoms with van der Waals surface area (Å²) in [6.45, 7) is 5.21. The van der Waals surface area contributed by atoms with Crippen LogP contribution in [-0.4, -0.2) is 56.7 Å². The zero-order valence-electron chi connectivity index (χ0n) is 18.6. The molecule has 0 atom stereocenters. The maximum atomic E-state index is 13.1. The van der Waals surface area contributed by atoms with Crippen molar-refractivity contribution in [3.63, 3.8) is 0 Å². The van der Waals surface area contributed by atoms with Crippen LogP contribution < -0.4 is 5.69 Å². The summed E-state index contributed by atoms with van der Waals surface area (Å²) in [6, 6.07) is 0.204. The average Bonchev–Trinajstić information content (AvgIpc) is 3.06. The van der Waals surface area contributed by atoms with Crippen molar-refractivity contribution >= 4 is 5.97 Å². The van der Waals surface area contributed by atoms with Crippen LogP contribution in [0.5, 0.6) is 0 Å². The van der Waals surface area contributed by atoms with Crippen molar-refractivity contribution in [3.05, 3.63) is 40.5 Å². The van der Waals surface area contributed by atoms with Crippen LogP contribution in [0.25, 0.3) is 5.82 Å². The van der Waals surface area contributed by atoms with Crippen molar-refractivity contribution in [2.24, 2.45) is 5.92 Å². The van der Waals surface area contributed by atoms with Gasteiger partial charge in [0.15, 0.2) is 5.82 Å². The van der Waals surface area contributed by atoms with Gasteiger partial charge in [0.1, 0.15) is 0 Å². The lowest BCUT2D eigenvalue weighted by atomic mass is 9.83. The van der Waals surface area contributed by atoms with E-state index >= 15 is 0 Å². The van der Waals surface area contributed by atoms with Gasteiger partial charge >= 0.3 is 11.7 Å². The molecule has 31 heavy (non-hydrogen) atoms. The third-order valence-electron chi connectivity index (χ3n) is 6.94. The van der Waals surface area contributed by atoms with Gasteiger partial charge in [0.2, 0.25) is 0 Å². The van der Waals surface area contributed by atoms with Crippen LogP contribution in [0.3, 0.4) is 0 Å². The van der Waals surface area contributed by atoms with Crippen LogP contribution >= 0.6 is 0 Å². The topological polar surface area (TPSA) is 82.3 Å². The molecule has 3 heterocycles. The lowest BCUT2D eigenvalue weighted by Crippen LogP contribution is -2.29. The summed E-state index contributed by atoms with van der Waals surface area (Å²) in [5, 5.41) is 0. The third kappa shape index (κ3) is 4.89. The molecular formula is C23H33N5O3. The first-order chi connectivity index (χ1) is 15.1. The molecule has 4 rings (SSSR count). The first-order valence-electron chi connectivity index (χ1n) is 11.5. The van der Waals surface area contributed by atoms with Crippen LogP contribution in [0.4, 0.5) is 0 Å². The number of imidazole rings is 1. The number of hydrogen-bond acceptors (Lipinski definition) is 6. The fourth-order valence-electron chi connectivity index (χ4n) is 4.90. The van der Waals surface area contributed by atoms with Crippen LogP contribution in [0.15, 0.2) is 23.4 Å². The molecule has 1 fully saturated rings. The van der Waals surface area contributed by atoms with Gasteiger partial charge in [-0.15, -0.1) is 0 Å². The standard InChI is InChI=1S/C23H33N5O3/c1-3-26-12-10-19-20(11-13-26)25-21(16-24-19)28-15-14-27(23(28)30)18-7-4-17(5-8-18)6-9-22(29)31-2/h14-18H,3-13H2,1-2H3. The second-order valence-electron chi connectivity index (χ2n) is 8.70. The summed E-state index contributed by atoms with van der Waals surface area (Å²) in [5.41, 5.74) is 2.02. The van der Waals surface area contributed by atoms with E-state index in [1.165, 1.54) is 7.11 Å². The molecule has 8 heteroatoms. The number of hydrogen-bond donors (Lipinski definition) is 0. The highest BCUT2D eigenvalue weighted by molar-refractivity contribution is 5.69. The predicted molar refractivity (Wildman–Crippen MR) is 117 cm³/mol. The van der Waals surface area contributed by atoms with E-state index in [1.807, 2.05) is 17.0 Å². The number of methoxy groups -OCH3 is 1. The summed E-state index contributed by atoms with van der Waals surface area (Å²) in [5.74, 6) is 1.00. The molecule has 0 bridgehead atoms. The Morgan fingerprint density at radius 3 is 2.58 bits per heavy atom. The van der Waals surface area contributed by atoms with Gasteiger partial charge < -0.3 is 9.64 Å². The van der Waals surface area contributed by atoms with E-state index in [2.05, 4.69) is 16.8 Å². The Bertz CT molecular complexity index is 958. The highest BCUT2D eigenvalue weighted by atomic mass is 16.5. The van der Waals surface area contributed by atoms with Gasteiger partial charge in [0.05, 0.1) is 24.7 Å². The number of carbonyl (C=O) groups is 1. The number of aromatic nitrogens is 4. The number of carbonyl (C=O) groups excluding carboxylic acids is 1. The van der Waals surface area contributed by atoms with Crippen molar-refractivity contribution in [1.29, 1.82) is 0 Å². The second-order valence-corrected chi connectivity index (χ2v) is 8.70. The number of esters is 1. The quantitative estimate of drug-likeness (QED) is 0.659. The molecule has 0 amide bonds. The van der Waals surface area contributed by atoms with Crippen LogP contribution in [-0.2, 0) is 22.4 Å². The minimum Gasteiger partial charge on any atom is -0.469 e. The molecular weight excluding hydrogens is 394 g/mol. The summed E-state index contributed by atoms with van der Waals surface area (Å²) >= 11 is 0. The molecule has 2 aromatic rings. The van der Waals surface area contributed by atoms with E-state index in [-0.39, 0.29) is 17.7 Å². The molecule has 0 spiro atoms. The Morgan fingerprint density at radius 2 is 1.87 bits per heavy atom. The maximum Gasteiger partial charge on any atom is 0.334 e. The van der Waals surface area contributed by atoms with Gasteiger partial charge in [-0.3, -0.25) is 18.9 Å². The Labute approximate surface area is 183 Å². The normalized spacial score (nSPS) is 22.0. The Balaban J connectivity index is 1.43.